The van der Waals surface area contributed by atoms with Crippen molar-refractivity contribution in [1.82, 2.24) is 14.9 Å². The summed E-state index contributed by atoms with van der Waals surface area (Å²) in [5, 5.41) is 3.46. The van der Waals surface area contributed by atoms with E-state index in [1.807, 2.05) is 20.8 Å². The standard InChI is InChI=1S/C15H21N3O2S/c1-5-6-16-12(19)7-10-9-21-14-17-11(15(2,3)4)8-13(20)18(10)14/h5,8,10H,1,6-7,9H2,2-4H3,(H,16,19). The Bertz CT molecular complexity index is 616. The van der Waals surface area contributed by atoms with Gasteiger partial charge in [0.05, 0.1) is 11.7 Å². The van der Waals surface area contributed by atoms with Crippen LogP contribution < -0.4 is 10.9 Å². The summed E-state index contributed by atoms with van der Waals surface area (Å²) in [6, 6.07) is 1.47. The number of fused-ring (bicyclic) bond motifs is 1. The largest absolute Gasteiger partial charge is 0.353 e. The fourth-order valence-electron chi connectivity index (χ4n) is 2.16. The molecule has 1 atom stereocenters. The third kappa shape index (κ3) is 3.56. The molecule has 1 aliphatic heterocycles. The van der Waals surface area contributed by atoms with Crippen molar-refractivity contribution in [1.29, 1.82) is 0 Å². The van der Waals surface area contributed by atoms with Crippen molar-refractivity contribution in [3.05, 3.63) is 34.8 Å². The highest BCUT2D eigenvalue weighted by atomic mass is 32.2. The van der Waals surface area contributed by atoms with Gasteiger partial charge in [-0.2, -0.15) is 0 Å². The molecule has 21 heavy (non-hydrogen) atoms. The number of carbonyl (C=O) groups excluding carboxylic acids is 1. The summed E-state index contributed by atoms with van der Waals surface area (Å²) in [4.78, 5) is 28.7. The Morgan fingerprint density at radius 2 is 2.33 bits per heavy atom. The van der Waals surface area contributed by atoms with Crippen molar-refractivity contribution in [3.63, 3.8) is 0 Å². The Morgan fingerprint density at radius 3 is 2.95 bits per heavy atom. The van der Waals surface area contributed by atoms with Crippen LogP contribution in [0.3, 0.4) is 0 Å². The lowest BCUT2D eigenvalue weighted by Crippen LogP contribution is -2.31. The van der Waals surface area contributed by atoms with Gasteiger partial charge in [-0.1, -0.05) is 38.6 Å². The van der Waals surface area contributed by atoms with E-state index in [0.717, 1.165) is 5.69 Å². The summed E-state index contributed by atoms with van der Waals surface area (Å²) in [6.45, 7) is 10.1. The average Bonchev–Trinajstić information content (AvgIpc) is 2.79. The van der Waals surface area contributed by atoms with Crippen LogP contribution in [0.2, 0.25) is 0 Å². The van der Waals surface area contributed by atoms with Gasteiger partial charge in [-0.05, 0) is 0 Å². The van der Waals surface area contributed by atoms with E-state index in [9.17, 15) is 9.59 Å². The van der Waals surface area contributed by atoms with Crippen molar-refractivity contribution in [2.75, 3.05) is 12.3 Å². The SMILES string of the molecule is C=CCNC(=O)CC1CSc2nc(C(C)(C)C)cc(=O)n21. The van der Waals surface area contributed by atoms with Crippen molar-refractivity contribution in [2.45, 2.75) is 43.8 Å². The highest BCUT2D eigenvalue weighted by Crippen LogP contribution is 2.33. The van der Waals surface area contributed by atoms with E-state index < -0.39 is 0 Å². The molecular formula is C15H21N3O2S. The number of nitrogens with zero attached hydrogens (tertiary/aromatic N) is 2. The zero-order valence-corrected chi connectivity index (χ0v) is 13.5. The van der Waals surface area contributed by atoms with Crippen LogP contribution in [0, 0.1) is 0 Å². The Morgan fingerprint density at radius 1 is 1.62 bits per heavy atom. The predicted octanol–water partition coefficient (Wildman–Crippen LogP) is 1.88. The molecule has 0 radical (unpaired) electrons. The van der Waals surface area contributed by atoms with Gasteiger partial charge in [0.2, 0.25) is 5.91 Å². The van der Waals surface area contributed by atoms with Gasteiger partial charge in [0.15, 0.2) is 5.16 Å². The molecule has 0 spiro atoms. The van der Waals surface area contributed by atoms with Crippen LogP contribution >= 0.6 is 11.8 Å². The molecule has 2 rings (SSSR count). The number of nitrogens with one attached hydrogen (secondary N) is 1. The van der Waals surface area contributed by atoms with Gasteiger partial charge in [0.1, 0.15) is 0 Å². The van der Waals surface area contributed by atoms with Crippen molar-refractivity contribution in [2.24, 2.45) is 0 Å². The number of hydrogen-bond donors (Lipinski definition) is 1. The molecule has 1 aliphatic rings. The number of rotatable bonds is 4. The van der Waals surface area contributed by atoms with Crippen molar-refractivity contribution < 1.29 is 4.79 Å². The monoisotopic (exact) mass is 307 g/mol. The maximum Gasteiger partial charge on any atom is 0.254 e. The molecule has 1 amide bonds. The molecule has 114 valence electrons. The van der Waals surface area contributed by atoms with E-state index in [1.165, 1.54) is 11.8 Å². The number of aromatic nitrogens is 2. The highest BCUT2D eigenvalue weighted by molar-refractivity contribution is 7.99. The van der Waals surface area contributed by atoms with Crippen LogP contribution in [-0.4, -0.2) is 27.8 Å². The number of thioether (sulfide) groups is 1. The zero-order valence-electron chi connectivity index (χ0n) is 12.7. The van der Waals surface area contributed by atoms with Gasteiger partial charge in [-0.25, -0.2) is 4.98 Å². The zero-order chi connectivity index (χ0) is 15.6. The van der Waals surface area contributed by atoms with Gasteiger partial charge in [0, 0.05) is 30.2 Å². The minimum atomic E-state index is -0.158. The minimum Gasteiger partial charge on any atom is -0.353 e. The van der Waals surface area contributed by atoms with Crippen LogP contribution in [-0.2, 0) is 10.2 Å². The molecule has 0 saturated carbocycles. The molecule has 1 N–H and O–H groups in total. The average molecular weight is 307 g/mol. The maximum atomic E-state index is 12.3. The van der Waals surface area contributed by atoms with Crippen molar-refractivity contribution >= 4 is 17.7 Å². The number of amides is 1. The Balaban J connectivity index is 2.23. The first-order valence-electron chi connectivity index (χ1n) is 6.97. The Kier molecular flexibility index (Phi) is 4.56. The van der Waals surface area contributed by atoms with E-state index in [4.69, 9.17) is 0 Å². The van der Waals surface area contributed by atoms with E-state index in [1.54, 1.807) is 16.7 Å². The first kappa shape index (κ1) is 15.8. The van der Waals surface area contributed by atoms with Gasteiger partial charge >= 0.3 is 0 Å². The molecule has 0 aliphatic carbocycles. The van der Waals surface area contributed by atoms with Crippen molar-refractivity contribution in [3.8, 4) is 0 Å². The Labute approximate surface area is 128 Å². The predicted molar refractivity (Wildman–Crippen MR) is 84.8 cm³/mol. The van der Waals surface area contributed by atoms with E-state index in [2.05, 4.69) is 16.9 Å². The molecule has 1 aromatic rings. The molecule has 0 fully saturated rings. The number of hydrogen-bond acceptors (Lipinski definition) is 4. The quantitative estimate of drug-likeness (QED) is 0.681. The normalized spacial score (nSPS) is 17.4. The van der Waals surface area contributed by atoms with Gasteiger partial charge in [0.25, 0.3) is 5.56 Å². The fraction of sp³-hybridized carbons (Fsp3) is 0.533. The second kappa shape index (κ2) is 6.05. The minimum absolute atomic E-state index is 0.0693. The molecule has 1 aromatic heterocycles. The van der Waals surface area contributed by atoms with Crippen LogP contribution in [0.25, 0.3) is 0 Å². The second-order valence-corrected chi connectivity index (χ2v) is 7.13. The summed E-state index contributed by atoms with van der Waals surface area (Å²) in [6.07, 6.45) is 1.93. The fourth-order valence-corrected chi connectivity index (χ4v) is 3.31. The third-order valence-corrected chi connectivity index (χ3v) is 4.42. The molecule has 0 aromatic carbocycles. The third-order valence-electron chi connectivity index (χ3n) is 3.32. The van der Waals surface area contributed by atoms with Crippen LogP contribution in [0.5, 0.6) is 0 Å². The van der Waals surface area contributed by atoms with Crippen LogP contribution in [0.15, 0.2) is 28.7 Å². The summed E-state index contributed by atoms with van der Waals surface area (Å²) < 4.78 is 1.65. The van der Waals surface area contributed by atoms with Gasteiger partial charge in [-0.3, -0.25) is 14.2 Å². The summed E-state index contributed by atoms with van der Waals surface area (Å²) in [5.74, 6) is 0.636. The van der Waals surface area contributed by atoms with E-state index in [0.29, 0.717) is 23.9 Å². The lowest BCUT2D eigenvalue weighted by Gasteiger charge is -2.19. The first-order chi connectivity index (χ1) is 9.82. The van der Waals surface area contributed by atoms with E-state index >= 15 is 0 Å². The summed E-state index contributed by atoms with van der Waals surface area (Å²) in [7, 11) is 0. The molecular weight excluding hydrogens is 286 g/mol. The molecule has 0 saturated heterocycles. The smallest absolute Gasteiger partial charge is 0.254 e. The number of carbonyl (C=O) groups is 1. The van der Waals surface area contributed by atoms with Gasteiger partial charge < -0.3 is 5.32 Å². The molecule has 5 nitrogen and oxygen atoms in total. The molecule has 2 heterocycles. The molecule has 1 unspecified atom stereocenters. The lowest BCUT2D eigenvalue weighted by molar-refractivity contribution is -0.121. The Hall–Kier alpha value is -1.56. The topological polar surface area (TPSA) is 64.0 Å². The second-order valence-electron chi connectivity index (χ2n) is 6.14. The van der Waals surface area contributed by atoms with E-state index in [-0.39, 0.29) is 22.9 Å². The van der Waals surface area contributed by atoms with Crippen LogP contribution in [0.4, 0.5) is 0 Å². The maximum absolute atomic E-state index is 12.3. The van der Waals surface area contributed by atoms with Crippen LogP contribution in [0.1, 0.15) is 38.9 Å². The molecule has 0 bridgehead atoms. The lowest BCUT2D eigenvalue weighted by atomic mass is 9.92. The first-order valence-corrected chi connectivity index (χ1v) is 7.96. The summed E-state index contributed by atoms with van der Waals surface area (Å²) in [5.41, 5.74) is 0.564. The highest BCUT2D eigenvalue weighted by Gasteiger charge is 2.29. The van der Waals surface area contributed by atoms with Gasteiger partial charge in [-0.15, -0.1) is 6.58 Å². The summed E-state index contributed by atoms with van der Waals surface area (Å²) >= 11 is 1.54. The molecule has 6 heteroatoms.